The van der Waals surface area contributed by atoms with Gasteiger partial charge < -0.3 is 15.0 Å². The monoisotopic (exact) mass is 273 g/mol. The van der Waals surface area contributed by atoms with Crippen molar-refractivity contribution >= 4 is 17.3 Å². The maximum atomic E-state index is 5.41. The summed E-state index contributed by atoms with van der Waals surface area (Å²) >= 11 is 5.41. The first-order valence-corrected chi connectivity index (χ1v) is 7.35. The predicted octanol–water partition coefficient (Wildman–Crippen LogP) is 1.31. The molecule has 0 bridgehead atoms. The fourth-order valence-electron chi connectivity index (χ4n) is 2.15. The van der Waals surface area contributed by atoms with Crippen LogP contribution in [-0.4, -0.2) is 67.4 Å². The quantitative estimate of drug-likeness (QED) is 0.582. The summed E-state index contributed by atoms with van der Waals surface area (Å²) in [6.45, 7) is 10.6. The number of rotatable bonds is 6. The molecule has 18 heavy (non-hydrogen) atoms. The van der Waals surface area contributed by atoms with E-state index in [1.807, 2.05) is 0 Å². The Bertz CT molecular complexity index is 242. The second-order valence-electron chi connectivity index (χ2n) is 4.86. The van der Waals surface area contributed by atoms with Gasteiger partial charge in [-0.2, -0.15) is 0 Å². The van der Waals surface area contributed by atoms with E-state index < -0.39 is 0 Å². The van der Waals surface area contributed by atoms with Crippen LogP contribution in [0.1, 0.15) is 26.7 Å². The van der Waals surface area contributed by atoms with Crippen LogP contribution in [0.4, 0.5) is 0 Å². The Kier molecular flexibility index (Phi) is 7.54. The van der Waals surface area contributed by atoms with E-state index in [-0.39, 0.29) is 0 Å². The van der Waals surface area contributed by atoms with Crippen molar-refractivity contribution in [3.8, 4) is 0 Å². The molecule has 0 aromatic carbocycles. The largest absolute Gasteiger partial charge is 0.385 e. The topological polar surface area (TPSA) is 27.7 Å². The van der Waals surface area contributed by atoms with Gasteiger partial charge in [-0.05, 0) is 32.0 Å². The van der Waals surface area contributed by atoms with Crippen molar-refractivity contribution in [2.45, 2.75) is 32.7 Å². The number of ether oxygens (including phenoxy) is 1. The maximum absolute atomic E-state index is 5.41. The molecule has 0 saturated carbocycles. The molecule has 1 unspecified atom stereocenters. The summed E-state index contributed by atoms with van der Waals surface area (Å²) in [6, 6.07) is 0.690. The van der Waals surface area contributed by atoms with Crippen LogP contribution in [-0.2, 0) is 4.74 Å². The SMILES string of the molecule is CCC(C)N1CCN(C(=S)NCCCOC)CC1. The highest BCUT2D eigenvalue weighted by atomic mass is 32.1. The van der Waals surface area contributed by atoms with Crippen molar-refractivity contribution in [3.05, 3.63) is 0 Å². The summed E-state index contributed by atoms with van der Waals surface area (Å²) in [5, 5.41) is 4.20. The molecule has 0 spiro atoms. The number of nitrogens with zero attached hydrogens (tertiary/aromatic N) is 2. The molecule has 106 valence electrons. The van der Waals surface area contributed by atoms with Crippen LogP contribution in [0.25, 0.3) is 0 Å². The molecule has 1 atom stereocenters. The van der Waals surface area contributed by atoms with Gasteiger partial charge in [-0.1, -0.05) is 6.92 Å². The Morgan fingerprint density at radius 1 is 1.33 bits per heavy atom. The van der Waals surface area contributed by atoms with Crippen molar-refractivity contribution in [2.24, 2.45) is 0 Å². The number of hydrogen-bond acceptors (Lipinski definition) is 3. The van der Waals surface area contributed by atoms with Gasteiger partial charge in [-0.25, -0.2) is 0 Å². The third kappa shape index (κ3) is 5.08. The predicted molar refractivity (Wildman–Crippen MR) is 80.0 cm³/mol. The molecule has 1 aliphatic heterocycles. The van der Waals surface area contributed by atoms with Crippen LogP contribution in [0.3, 0.4) is 0 Å². The molecule has 0 aromatic heterocycles. The van der Waals surface area contributed by atoms with Crippen molar-refractivity contribution in [2.75, 3.05) is 46.4 Å². The van der Waals surface area contributed by atoms with E-state index in [4.69, 9.17) is 17.0 Å². The number of piperazine rings is 1. The Balaban J connectivity index is 2.19. The maximum Gasteiger partial charge on any atom is 0.169 e. The second kappa shape index (κ2) is 8.67. The highest BCUT2D eigenvalue weighted by Gasteiger charge is 2.21. The third-order valence-electron chi connectivity index (χ3n) is 3.62. The van der Waals surface area contributed by atoms with E-state index in [9.17, 15) is 0 Å². The molecule has 0 radical (unpaired) electrons. The average molecular weight is 273 g/mol. The molecule has 0 amide bonds. The van der Waals surface area contributed by atoms with E-state index in [2.05, 4.69) is 29.0 Å². The van der Waals surface area contributed by atoms with Gasteiger partial charge in [-0.3, -0.25) is 4.90 Å². The zero-order valence-electron chi connectivity index (χ0n) is 11.9. The average Bonchev–Trinajstić information content (AvgIpc) is 2.42. The summed E-state index contributed by atoms with van der Waals surface area (Å²) < 4.78 is 5.02. The van der Waals surface area contributed by atoms with Crippen LogP contribution < -0.4 is 5.32 Å². The fourth-order valence-corrected chi connectivity index (χ4v) is 2.43. The Morgan fingerprint density at radius 2 is 2.00 bits per heavy atom. The standard InChI is InChI=1S/C13H27N3OS/c1-4-12(2)15-7-9-16(10-8-15)13(18)14-6-5-11-17-3/h12H,4-11H2,1-3H3,(H,14,18). The van der Waals surface area contributed by atoms with Gasteiger partial charge in [0.25, 0.3) is 0 Å². The lowest BCUT2D eigenvalue weighted by molar-refractivity contribution is 0.137. The molecule has 0 aliphatic carbocycles. The zero-order valence-corrected chi connectivity index (χ0v) is 12.8. The molecule has 1 saturated heterocycles. The molecule has 1 fully saturated rings. The van der Waals surface area contributed by atoms with Crippen molar-refractivity contribution in [1.82, 2.24) is 15.1 Å². The molecule has 0 aromatic rings. The summed E-state index contributed by atoms with van der Waals surface area (Å²) in [5.41, 5.74) is 0. The van der Waals surface area contributed by atoms with E-state index >= 15 is 0 Å². The smallest absolute Gasteiger partial charge is 0.169 e. The van der Waals surface area contributed by atoms with Crippen molar-refractivity contribution in [3.63, 3.8) is 0 Å². The minimum atomic E-state index is 0.690. The van der Waals surface area contributed by atoms with Gasteiger partial charge in [-0.15, -0.1) is 0 Å². The van der Waals surface area contributed by atoms with Crippen LogP contribution in [0, 0.1) is 0 Å². The molecule has 4 nitrogen and oxygen atoms in total. The normalized spacial score (nSPS) is 18.7. The first-order valence-electron chi connectivity index (χ1n) is 6.94. The van der Waals surface area contributed by atoms with Crippen molar-refractivity contribution < 1.29 is 4.74 Å². The van der Waals surface area contributed by atoms with E-state index in [1.54, 1.807) is 7.11 Å². The molecule has 1 aliphatic rings. The Hall–Kier alpha value is -0.390. The van der Waals surface area contributed by atoms with Crippen molar-refractivity contribution in [1.29, 1.82) is 0 Å². The van der Waals surface area contributed by atoms with Gasteiger partial charge in [0.05, 0.1) is 0 Å². The minimum Gasteiger partial charge on any atom is -0.385 e. The van der Waals surface area contributed by atoms with E-state index in [1.165, 1.54) is 6.42 Å². The number of methoxy groups -OCH3 is 1. The number of thiocarbonyl (C=S) groups is 1. The van der Waals surface area contributed by atoms with Crippen LogP contribution in [0.15, 0.2) is 0 Å². The van der Waals surface area contributed by atoms with Gasteiger partial charge in [0.2, 0.25) is 0 Å². The molecule has 1 N–H and O–H groups in total. The number of nitrogens with one attached hydrogen (secondary N) is 1. The summed E-state index contributed by atoms with van der Waals surface area (Å²) in [5.74, 6) is 0. The van der Waals surface area contributed by atoms with Crippen LogP contribution in [0.5, 0.6) is 0 Å². The van der Waals surface area contributed by atoms with E-state index in [0.29, 0.717) is 6.04 Å². The molecule has 5 heteroatoms. The summed E-state index contributed by atoms with van der Waals surface area (Å²) in [7, 11) is 1.73. The van der Waals surface area contributed by atoms with Crippen LogP contribution >= 0.6 is 12.2 Å². The lowest BCUT2D eigenvalue weighted by Crippen LogP contribution is -2.53. The minimum absolute atomic E-state index is 0.690. The van der Waals surface area contributed by atoms with Gasteiger partial charge in [0, 0.05) is 52.5 Å². The fraction of sp³-hybridized carbons (Fsp3) is 0.923. The van der Waals surface area contributed by atoms with Crippen LogP contribution in [0.2, 0.25) is 0 Å². The highest BCUT2D eigenvalue weighted by Crippen LogP contribution is 2.08. The number of hydrogen-bond donors (Lipinski definition) is 1. The molecule has 1 rings (SSSR count). The lowest BCUT2D eigenvalue weighted by atomic mass is 10.2. The third-order valence-corrected chi connectivity index (χ3v) is 4.02. The molecular weight excluding hydrogens is 246 g/mol. The lowest BCUT2D eigenvalue weighted by Gasteiger charge is -2.39. The van der Waals surface area contributed by atoms with E-state index in [0.717, 1.165) is 50.9 Å². The summed E-state index contributed by atoms with van der Waals surface area (Å²) in [6.07, 6.45) is 2.23. The highest BCUT2D eigenvalue weighted by molar-refractivity contribution is 7.80. The Morgan fingerprint density at radius 3 is 2.56 bits per heavy atom. The molecular formula is C13H27N3OS. The summed E-state index contributed by atoms with van der Waals surface area (Å²) in [4.78, 5) is 4.82. The zero-order chi connectivity index (χ0) is 13.4. The Labute approximate surface area is 117 Å². The molecule has 1 heterocycles. The first-order chi connectivity index (χ1) is 8.69. The van der Waals surface area contributed by atoms with Gasteiger partial charge in [0.1, 0.15) is 0 Å². The first kappa shape index (κ1) is 15.7. The second-order valence-corrected chi connectivity index (χ2v) is 5.25. The van der Waals surface area contributed by atoms with Gasteiger partial charge in [0.15, 0.2) is 5.11 Å². The van der Waals surface area contributed by atoms with Gasteiger partial charge >= 0.3 is 0 Å².